The molecule has 0 fully saturated rings. The van der Waals surface area contributed by atoms with E-state index in [1.165, 1.54) is 5.56 Å². The second-order valence-corrected chi connectivity index (χ2v) is 5.37. The molecule has 0 saturated heterocycles. The number of aromatic nitrogens is 1. The van der Waals surface area contributed by atoms with Gasteiger partial charge in [0.1, 0.15) is 5.56 Å². The maximum atomic E-state index is 12.0. The molecule has 2 aromatic rings. The van der Waals surface area contributed by atoms with Crippen molar-refractivity contribution < 1.29 is 4.79 Å². The first-order valence-corrected chi connectivity index (χ1v) is 7.02. The third kappa shape index (κ3) is 3.54. The van der Waals surface area contributed by atoms with Crippen LogP contribution in [-0.2, 0) is 6.42 Å². The fourth-order valence-corrected chi connectivity index (χ4v) is 2.55. The van der Waals surface area contributed by atoms with Crippen molar-refractivity contribution in [2.45, 2.75) is 26.3 Å². The highest BCUT2D eigenvalue weighted by Gasteiger charge is 2.13. The smallest absolute Gasteiger partial charge is 0.260 e. The Labute approximate surface area is 115 Å². The molecule has 0 aliphatic carbocycles. The van der Waals surface area contributed by atoms with E-state index in [0.29, 0.717) is 0 Å². The van der Waals surface area contributed by atoms with E-state index in [2.05, 4.69) is 15.7 Å². The molecule has 5 heteroatoms. The zero-order valence-electron chi connectivity index (χ0n) is 10.9. The Morgan fingerprint density at radius 2 is 2.21 bits per heavy atom. The first-order chi connectivity index (χ1) is 9.06. The first-order valence-electron chi connectivity index (χ1n) is 6.08. The predicted octanol–water partition coefficient (Wildman–Crippen LogP) is 2.11. The highest BCUT2D eigenvalue weighted by atomic mass is 32.1. The SMILES string of the molecule is Cc1ccc(C(=O)N[C@H](C)Cc2ccsc2)c(=O)[nH]1. The van der Waals surface area contributed by atoms with Gasteiger partial charge in [-0.3, -0.25) is 9.59 Å². The number of thiophene rings is 1. The van der Waals surface area contributed by atoms with Gasteiger partial charge in [0.2, 0.25) is 0 Å². The number of carbonyl (C=O) groups is 1. The molecule has 0 aliphatic rings. The molecule has 0 bridgehead atoms. The largest absolute Gasteiger partial charge is 0.349 e. The average Bonchev–Trinajstić information content (AvgIpc) is 2.81. The van der Waals surface area contributed by atoms with E-state index in [0.717, 1.165) is 12.1 Å². The summed E-state index contributed by atoms with van der Waals surface area (Å²) < 4.78 is 0. The van der Waals surface area contributed by atoms with E-state index in [1.54, 1.807) is 30.4 Å². The van der Waals surface area contributed by atoms with Crippen molar-refractivity contribution in [3.05, 3.63) is 56.1 Å². The third-order valence-electron chi connectivity index (χ3n) is 2.80. The molecule has 2 heterocycles. The normalized spacial score (nSPS) is 12.1. The maximum absolute atomic E-state index is 12.0. The summed E-state index contributed by atoms with van der Waals surface area (Å²) in [6.07, 6.45) is 0.763. The van der Waals surface area contributed by atoms with Gasteiger partial charge in [-0.1, -0.05) is 0 Å². The minimum absolute atomic E-state index is 0.0113. The minimum atomic E-state index is -0.347. The van der Waals surface area contributed by atoms with E-state index in [9.17, 15) is 9.59 Å². The molecule has 2 rings (SSSR count). The minimum Gasteiger partial charge on any atom is -0.349 e. The van der Waals surface area contributed by atoms with Crippen LogP contribution in [0.25, 0.3) is 0 Å². The highest BCUT2D eigenvalue weighted by Crippen LogP contribution is 2.08. The lowest BCUT2D eigenvalue weighted by Crippen LogP contribution is -2.37. The van der Waals surface area contributed by atoms with E-state index in [-0.39, 0.29) is 23.1 Å². The Hall–Kier alpha value is -1.88. The number of rotatable bonds is 4. The van der Waals surface area contributed by atoms with Crippen molar-refractivity contribution in [2.24, 2.45) is 0 Å². The van der Waals surface area contributed by atoms with Gasteiger partial charge in [-0.15, -0.1) is 0 Å². The molecular weight excluding hydrogens is 260 g/mol. The zero-order chi connectivity index (χ0) is 13.8. The molecule has 0 spiro atoms. The molecule has 1 amide bonds. The van der Waals surface area contributed by atoms with Crippen molar-refractivity contribution in [3.8, 4) is 0 Å². The van der Waals surface area contributed by atoms with Crippen LogP contribution >= 0.6 is 11.3 Å². The van der Waals surface area contributed by atoms with Crippen LogP contribution < -0.4 is 10.9 Å². The Kier molecular flexibility index (Phi) is 4.16. The van der Waals surface area contributed by atoms with Crippen molar-refractivity contribution in [1.29, 1.82) is 0 Å². The standard InChI is InChI=1S/C14H16N2O2S/c1-9-3-4-12(13(17)15-9)14(18)16-10(2)7-11-5-6-19-8-11/h3-6,8,10H,7H2,1-2H3,(H,15,17)(H,16,18)/t10-/m1/s1. The van der Waals surface area contributed by atoms with Crippen LogP contribution in [-0.4, -0.2) is 16.9 Å². The van der Waals surface area contributed by atoms with E-state index in [4.69, 9.17) is 0 Å². The summed E-state index contributed by atoms with van der Waals surface area (Å²) >= 11 is 1.63. The molecule has 0 aromatic carbocycles. The number of carbonyl (C=O) groups excluding carboxylic acids is 1. The van der Waals surface area contributed by atoms with Crippen LogP contribution in [0, 0.1) is 6.92 Å². The van der Waals surface area contributed by atoms with Gasteiger partial charge in [-0.25, -0.2) is 0 Å². The van der Waals surface area contributed by atoms with Crippen LogP contribution in [0.1, 0.15) is 28.5 Å². The van der Waals surface area contributed by atoms with Crippen LogP contribution in [0.3, 0.4) is 0 Å². The number of nitrogens with one attached hydrogen (secondary N) is 2. The van der Waals surface area contributed by atoms with E-state index in [1.807, 2.05) is 18.4 Å². The van der Waals surface area contributed by atoms with Gasteiger partial charge in [0.25, 0.3) is 11.5 Å². The van der Waals surface area contributed by atoms with Gasteiger partial charge in [0.15, 0.2) is 0 Å². The van der Waals surface area contributed by atoms with Crippen LogP contribution in [0.15, 0.2) is 33.8 Å². The molecule has 100 valence electrons. The lowest BCUT2D eigenvalue weighted by Gasteiger charge is -2.12. The maximum Gasteiger partial charge on any atom is 0.260 e. The van der Waals surface area contributed by atoms with Gasteiger partial charge in [0, 0.05) is 11.7 Å². The van der Waals surface area contributed by atoms with Crippen molar-refractivity contribution >= 4 is 17.2 Å². The Bertz CT molecular complexity index is 617. The molecule has 0 saturated carbocycles. The topological polar surface area (TPSA) is 62.0 Å². The summed E-state index contributed by atoms with van der Waals surface area (Å²) in [6.45, 7) is 3.71. The number of H-pyrrole nitrogens is 1. The molecule has 2 N–H and O–H groups in total. The van der Waals surface area contributed by atoms with Crippen LogP contribution in [0.2, 0.25) is 0 Å². The van der Waals surface area contributed by atoms with Crippen LogP contribution in [0.5, 0.6) is 0 Å². The second kappa shape index (κ2) is 5.84. The quantitative estimate of drug-likeness (QED) is 0.898. The monoisotopic (exact) mass is 276 g/mol. The fraction of sp³-hybridized carbons (Fsp3) is 0.286. The van der Waals surface area contributed by atoms with Gasteiger partial charge in [-0.05, 0) is 54.8 Å². The predicted molar refractivity (Wildman–Crippen MR) is 76.8 cm³/mol. The summed E-state index contributed by atoms with van der Waals surface area (Å²) in [6, 6.07) is 5.30. The summed E-state index contributed by atoms with van der Waals surface area (Å²) in [4.78, 5) is 26.3. The lowest BCUT2D eigenvalue weighted by atomic mass is 10.1. The van der Waals surface area contributed by atoms with E-state index >= 15 is 0 Å². The van der Waals surface area contributed by atoms with Crippen molar-refractivity contribution in [1.82, 2.24) is 10.3 Å². The van der Waals surface area contributed by atoms with E-state index < -0.39 is 0 Å². The van der Waals surface area contributed by atoms with Gasteiger partial charge >= 0.3 is 0 Å². The molecule has 4 nitrogen and oxygen atoms in total. The summed E-state index contributed by atoms with van der Waals surface area (Å²) in [5.74, 6) is -0.330. The van der Waals surface area contributed by atoms with Crippen molar-refractivity contribution in [2.75, 3.05) is 0 Å². The summed E-state index contributed by atoms with van der Waals surface area (Å²) in [5, 5.41) is 6.91. The number of hydrogen-bond acceptors (Lipinski definition) is 3. The highest BCUT2D eigenvalue weighted by molar-refractivity contribution is 7.07. The van der Waals surface area contributed by atoms with Crippen LogP contribution in [0.4, 0.5) is 0 Å². The number of amides is 1. The van der Waals surface area contributed by atoms with Gasteiger partial charge < -0.3 is 10.3 Å². The average molecular weight is 276 g/mol. The number of pyridine rings is 1. The number of hydrogen-bond donors (Lipinski definition) is 2. The zero-order valence-corrected chi connectivity index (χ0v) is 11.7. The second-order valence-electron chi connectivity index (χ2n) is 4.59. The lowest BCUT2D eigenvalue weighted by molar-refractivity contribution is 0.0938. The van der Waals surface area contributed by atoms with Crippen molar-refractivity contribution in [3.63, 3.8) is 0 Å². The molecule has 0 aliphatic heterocycles. The third-order valence-corrected chi connectivity index (χ3v) is 3.53. The molecule has 1 atom stereocenters. The summed E-state index contributed by atoms with van der Waals surface area (Å²) in [7, 11) is 0. The Morgan fingerprint density at radius 3 is 2.84 bits per heavy atom. The molecule has 0 unspecified atom stereocenters. The first kappa shape index (κ1) is 13.5. The summed E-state index contributed by atoms with van der Waals surface area (Å²) in [5.41, 5.74) is 1.74. The number of aromatic amines is 1. The fourth-order valence-electron chi connectivity index (χ4n) is 1.87. The van der Waals surface area contributed by atoms with Gasteiger partial charge in [0.05, 0.1) is 0 Å². The Morgan fingerprint density at radius 1 is 1.42 bits per heavy atom. The number of aryl methyl sites for hydroxylation is 1. The molecule has 2 aromatic heterocycles. The Balaban J connectivity index is 2.02. The van der Waals surface area contributed by atoms with Gasteiger partial charge in [-0.2, -0.15) is 11.3 Å². The molecular formula is C14H16N2O2S. The molecule has 0 radical (unpaired) electrons. The molecule has 19 heavy (non-hydrogen) atoms.